The number of hydrogen-bond donors (Lipinski definition) is 1. The zero-order valence-corrected chi connectivity index (χ0v) is 31.1. The van der Waals surface area contributed by atoms with Crippen molar-refractivity contribution >= 4 is 82.9 Å². The van der Waals surface area contributed by atoms with E-state index in [9.17, 15) is 22.8 Å². The SMILES string of the molecule is CC(C)(C)OC(=O)Nc1nc2c(-c3c(Cl)nc4c5c6c(nc4c3F)S(=O)(=O)CCN6C(=O)C3CN(C(=O)OC(C)(C)C)CCC53)c(F)cc(F)c2s1. The van der Waals surface area contributed by atoms with Gasteiger partial charge in [-0.3, -0.25) is 10.1 Å². The predicted molar refractivity (Wildman–Crippen MR) is 186 cm³/mol. The molecular weight excluding hydrogens is 749 g/mol. The quantitative estimate of drug-likeness (QED) is 0.214. The molecule has 13 nitrogen and oxygen atoms in total. The first-order chi connectivity index (χ1) is 24.1. The van der Waals surface area contributed by atoms with Gasteiger partial charge in [0.25, 0.3) is 0 Å². The number of hydrogen-bond acceptors (Lipinski definition) is 11. The zero-order chi connectivity index (χ0) is 37.8. The van der Waals surface area contributed by atoms with E-state index in [1.54, 1.807) is 41.5 Å². The van der Waals surface area contributed by atoms with Crippen molar-refractivity contribution in [2.75, 3.05) is 35.6 Å². The molecule has 52 heavy (non-hydrogen) atoms. The fourth-order valence-electron chi connectivity index (χ4n) is 6.81. The lowest BCUT2D eigenvalue weighted by molar-refractivity contribution is -0.125. The van der Waals surface area contributed by atoms with Crippen molar-refractivity contribution in [1.82, 2.24) is 19.9 Å². The van der Waals surface area contributed by atoms with Gasteiger partial charge in [0.1, 0.15) is 33.5 Å². The molecule has 6 heterocycles. The van der Waals surface area contributed by atoms with E-state index in [1.165, 1.54) is 9.80 Å². The number of rotatable bonds is 2. The van der Waals surface area contributed by atoms with Crippen LogP contribution in [0, 0.1) is 23.4 Å². The van der Waals surface area contributed by atoms with Crippen molar-refractivity contribution < 1.29 is 45.4 Å². The second-order valence-corrected chi connectivity index (χ2v) is 18.1. The van der Waals surface area contributed by atoms with Gasteiger partial charge in [-0.05, 0) is 48.0 Å². The van der Waals surface area contributed by atoms with E-state index in [0.29, 0.717) is 17.4 Å². The molecule has 7 rings (SSSR count). The van der Waals surface area contributed by atoms with Gasteiger partial charge >= 0.3 is 12.2 Å². The third-order valence-electron chi connectivity index (χ3n) is 8.79. The number of ether oxygens (including phenoxy) is 2. The maximum atomic E-state index is 17.0. The molecule has 1 N–H and O–H groups in total. The van der Waals surface area contributed by atoms with E-state index in [-0.39, 0.29) is 52.7 Å². The highest BCUT2D eigenvalue weighted by Gasteiger charge is 2.50. The van der Waals surface area contributed by atoms with Crippen molar-refractivity contribution in [3.05, 3.63) is 34.2 Å². The number of piperidine rings is 1. The summed E-state index contributed by atoms with van der Waals surface area (Å²) in [7, 11) is -4.15. The molecule has 1 fully saturated rings. The molecule has 3 aromatic heterocycles. The minimum atomic E-state index is -4.15. The van der Waals surface area contributed by atoms with E-state index in [1.807, 2.05) is 0 Å². The molecule has 3 aliphatic heterocycles. The average Bonchev–Trinajstić information content (AvgIpc) is 3.43. The number of thiazole rings is 1. The third-order valence-corrected chi connectivity index (χ3v) is 11.6. The Morgan fingerprint density at radius 1 is 0.942 bits per heavy atom. The number of nitrogens with one attached hydrogen (secondary N) is 1. The minimum absolute atomic E-state index is 0.0286. The Morgan fingerprint density at radius 2 is 1.63 bits per heavy atom. The predicted octanol–water partition coefficient (Wildman–Crippen LogP) is 6.80. The molecule has 1 aromatic carbocycles. The molecule has 1 saturated heterocycles. The van der Waals surface area contributed by atoms with Gasteiger partial charge in [0.2, 0.25) is 5.91 Å². The molecular formula is C33H32ClF3N6O7S2. The number of aromatic nitrogens is 3. The molecule has 0 bridgehead atoms. The van der Waals surface area contributed by atoms with Crippen molar-refractivity contribution in [1.29, 1.82) is 0 Å². The van der Waals surface area contributed by atoms with Gasteiger partial charge in [0.15, 0.2) is 25.8 Å². The molecule has 3 aliphatic rings. The fraction of sp³-hybridized carbons (Fsp3) is 0.455. The van der Waals surface area contributed by atoms with Crippen molar-refractivity contribution in [3.8, 4) is 11.1 Å². The average molecular weight is 781 g/mol. The summed E-state index contributed by atoms with van der Waals surface area (Å²) < 4.78 is 85.3. The third kappa shape index (κ3) is 6.07. The van der Waals surface area contributed by atoms with Gasteiger partial charge in [0.05, 0.1) is 44.2 Å². The lowest BCUT2D eigenvalue weighted by atomic mass is 9.75. The molecule has 19 heteroatoms. The molecule has 276 valence electrons. The summed E-state index contributed by atoms with van der Waals surface area (Å²) in [5.41, 5.74) is -3.87. The van der Waals surface area contributed by atoms with Crippen LogP contribution in [0.25, 0.3) is 32.4 Å². The second-order valence-electron chi connectivity index (χ2n) is 14.7. The van der Waals surface area contributed by atoms with Crippen molar-refractivity contribution in [2.24, 2.45) is 5.92 Å². The van der Waals surface area contributed by atoms with Crippen LogP contribution in [-0.2, 0) is 24.1 Å². The van der Waals surface area contributed by atoms with Crippen LogP contribution in [0.3, 0.4) is 0 Å². The number of carbonyl (C=O) groups is 3. The van der Waals surface area contributed by atoms with E-state index in [2.05, 4.69) is 20.3 Å². The number of fused-ring (bicyclic) bond motifs is 5. The first kappa shape index (κ1) is 36.1. The Hall–Kier alpha value is -4.29. The standard InChI is InChI=1S/C33H32ClF3N6O7S2/c1-32(2,3)49-30(45)41-29-40-22-18(15(35)11-16(36)25(22)51-29)19-20(37)23-21(38-26(19)34)17-13-7-8-42(31(46)50-33(4,5)6)12-14(13)28(44)43-9-10-52(47,48)27(39-23)24(17)43/h11,13-14H,7-10,12H2,1-6H3,(H,40,41,45). The first-order valence-electron chi connectivity index (χ1n) is 16.2. The number of benzene rings is 1. The number of sulfone groups is 1. The van der Waals surface area contributed by atoms with E-state index >= 15 is 13.2 Å². The Morgan fingerprint density at radius 3 is 2.31 bits per heavy atom. The highest BCUT2D eigenvalue weighted by atomic mass is 35.5. The van der Waals surface area contributed by atoms with Gasteiger partial charge in [-0.1, -0.05) is 22.9 Å². The van der Waals surface area contributed by atoms with Crippen LogP contribution in [0.1, 0.15) is 59.4 Å². The summed E-state index contributed by atoms with van der Waals surface area (Å²) >= 11 is 7.29. The molecule has 4 aromatic rings. The Bertz CT molecular complexity index is 2360. The molecule has 3 amide bonds. The van der Waals surface area contributed by atoms with E-state index < -0.39 is 107 Å². The minimum Gasteiger partial charge on any atom is -0.444 e. The number of likely N-dealkylation sites (tertiary alicyclic amines) is 1. The van der Waals surface area contributed by atoms with Gasteiger partial charge in [-0.25, -0.2) is 46.1 Å². The summed E-state index contributed by atoms with van der Waals surface area (Å²) in [6.45, 7) is 9.88. The summed E-state index contributed by atoms with van der Waals surface area (Å²) in [6, 6.07) is 0.508. The van der Waals surface area contributed by atoms with Gasteiger partial charge in [0, 0.05) is 37.2 Å². The molecule has 0 aliphatic carbocycles. The monoisotopic (exact) mass is 780 g/mol. The number of carbonyl (C=O) groups excluding carboxylic acids is 3. The summed E-state index contributed by atoms with van der Waals surface area (Å²) in [4.78, 5) is 54.8. The number of pyridine rings is 2. The van der Waals surface area contributed by atoms with Crippen LogP contribution in [0.2, 0.25) is 5.15 Å². The Balaban J connectivity index is 1.41. The number of halogens is 4. The van der Waals surface area contributed by atoms with Crippen LogP contribution in [0.15, 0.2) is 11.1 Å². The zero-order valence-electron chi connectivity index (χ0n) is 28.7. The van der Waals surface area contributed by atoms with Crippen molar-refractivity contribution in [2.45, 2.75) is 70.1 Å². The van der Waals surface area contributed by atoms with Crippen LogP contribution in [0.4, 0.5) is 33.6 Å². The Labute approximate surface area is 304 Å². The summed E-state index contributed by atoms with van der Waals surface area (Å²) in [6.07, 6.45) is -1.38. The number of amides is 3. The largest absolute Gasteiger partial charge is 0.444 e. The van der Waals surface area contributed by atoms with E-state index in [0.717, 1.165) is 0 Å². The van der Waals surface area contributed by atoms with Crippen LogP contribution in [-0.4, -0.2) is 83.0 Å². The van der Waals surface area contributed by atoms with Gasteiger partial charge < -0.3 is 19.3 Å². The number of nitrogens with zero attached hydrogens (tertiary/aromatic N) is 5. The van der Waals surface area contributed by atoms with E-state index in [4.69, 9.17) is 21.1 Å². The molecule has 2 atom stereocenters. The van der Waals surface area contributed by atoms with Crippen molar-refractivity contribution in [3.63, 3.8) is 0 Å². The van der Waals surface area contributed by atoms with Gasteiger partial charge in [-0.2, -0.15) is 0 Å². The van der Waals surface area contributed by atoms with Crippen LogP contribution >= 0.6 is 22.9 Å². The normalized spacial score (nSPS) is 19.8. The molecule has 0 spiro atoms. The smallest absolute Gasteiger partial charge is 0.413 e. The molecule has 0 radical (unpaired) electrons. The van der Waals surface area contributed by atoms with Crippen LogP contribution in [0.5, 0.6) is 0 Å². The highest BCUT2D eigenvalue weighted by molar-refractivity contribution is 7.91. The topological polar surface area (TPSA) is 161 Å². The second kappa shape index (κ2) is 12.1. The summed E-state index contributed by atoms with van der Waals surface area (Å²) in [5.74, 6) is -6.10. The van der Waals surface area contributed by atoms with Crippen LogP contribution < -0.4 is 10.2 Å². The lowest BCUT2D eigenvalue weighted by Crippen LogP contribution is -2.55. The highest BCUT2D eigenvalue weighted by Crippen LogP contribution is 2.52. The van der Waals surface area contributed by atoms with Gasteiger partial charge in [-0.15, -0.1) is 0 Å². The summed E-state index contributed by atoms with van der Waals surface area (Å²) in [5, 5.41) is 1.06. The maximum Gasteiger partial charge on any atom is 0.413 e. The Kier molecular flexibility index (Phi) is 8.42. The number of anilines is 2. The first-order valence-corrected chi connectivity index (χ1v) is 19.0. The molecule has 2 unspecified atom stereocenters. The fourth-order valence-corrected chi connectivity index (χ4v) is 9.30. The maximum absolute atomic E-state index is 17.0. The lowest BCUT2D eigenvalue weighted by Gasteiger charge is -2.46. The molecule has 0 saturated carbocycles.